The SMILES string of the molecule is O=C(CCCc1nc2ccccc2s1)NCCc1cc(Cl)cc(Cl)c1. The Bertz CT molecular complexity index is 825. The number of nitrogens with zero attached hydrogens (tertiary/aromatic N) is 1. The minimum Gasteiger partial charge on any atom is -0.356 e. The zero-order chi connectivity index (χ0) is 17.6. The third-order valence-corrected chi connectivity index (χ3v) is 5.32. The summed E-state index contributed by atoms with van der Waals surface area (Å²) in [6.45, 7) is 0.580. The van der Waals surface area contributed by atoms with E-state index in [1.54, 1.807) is 17.4 Å². The van der Waals surface area contributed by atoms with Crippen LogP contribution in [0, 0.1) is 0 Å². The Morgan fingerprint density at radius 2 is 1.84 bits per heavy atom. The van der Waals surface area contributed by atoms with E-state index in [9.17, 15) is 4.79 Å². The van der Waals surface area contributed by atoms with Crippen LogP contribution in [0.3, 0.4) is 0 Å². The Kier molecular flexibility index (Phi) is 6.29. The van der Waals surface area contributed by atoms with Gasteiger partial charge in [-0.2, -0.15) is 0 Å². The maximum Gasteiger partial charge on any atom is 0.220 e. The van der Waals surface area contributed by atoms with Gasteiger partial charge in [0, 0.05) is 23.0 Å². The molecule has 0 aliphatic heterocycles. The summed E-state index contributed by atoms with van der Waals surface area (Å²) >= 11 is 13.6. The summed E-state index contributed by atoms with van der Waals surface area (Å²) in [4.78, 5) is 16.5. The Hall–Kier alpha value is -1.62. The molecule has 0 aliphatic rings. The van der Waals surface area contributed by atoms with Gasteiger partial charge in [-0.05, 0) is 55.2 Å². The van der Waals surface area contributed by atoms with E-state index in [0.717, 1.165) is 28.9 Å². The molecule has 0 unspecified atom stereocenters. The molecule has 6 heteroatoms. The fourth-order valence-electron chi connectivity index (χ4n) is 2.62. The quantitative estimate of drug-likeness (QED) is 0.593. The van der Waals surface area contributed by atoms with Crippen molar-refractivity contribution in [2.45, 2.75) is 25.7 Å². The van der Waals surface area contributed by atoms with E-state index in [-0.39, 0.29) is 5.91 Å². The van der Waals surface area contributed by atoms with Crippen LogP contribution >= 0.6 is 34.5 Å². The largest absolute Gasteiger partial charge is 0.356 e. The van der Waals surface area contributed by atoms with Crippen molar-refractivity contribution >= 4 is 50.7 Å². The lowest BCUT2D eigenvalue weighted by molar-refractivity contribution is -0.121. The van der Waals surface area contributed by atoms with Crippen molar-refractivity contribution in [3.8, 4) is 0 Å². The summed E-state index contributed by atoms with van der Waals surface area (Å²) < 4.78 is 1.20. The van der Waals surface area contributed by atoms with Gasteiger partial charge >= 0.3 is 0 Å². The minimum absolute atomic E-state index is 0.0641. The van der Waals surface area contributed by atoms with Crippen molar-refractivity contribution in [2.75, 3.05) is 6.54 Å². The van der Waals surface area contributed by atoms with Gasteiger partial charge < -0.3 is 5.32 Å². The first-order valence-electron chi connectivity index (χ1n) is 8.16. The van der Waals surface area contributed by atoms with Crippen LogP contribution in [0.2, 0.25) is 10.0 Å². The molecule has 2 aromatic carbocycles. The molecule has 0 bridgehead atoms. The smallest absolute Gasteiger partial charge is 0.220 e. The van der Waals surface area contributed by atoms with E-state index >= 15 is 0 Å². The van der Waals surface area contributed by atoms with Gasteiger partial charge in [0.2, 0.25) is 5.91 Å². The molecule has 0 saturated heterocycles. The summed E-state index contributed by atoms with van der Waals surface area (Å²) in [6.07, 6.45) is 2.85. The van der Waals surface area contributed by atoms with Crippen molar-refractivity contribution in [1.29, 1.82) is 0 Å². The molecular formula is C19H18Cl2N2OS. The number of amides is 1. The number of thiazole rings is 1. The summed E-state index contributed by atoms with van der Waals surface area (Å²) in [5.74, 6) is 0.0641. The van der Waals surface area contributed by atoms with Gasteiger partial charge in [-0.1, -0.05) is 35.3 Å². The van der Waals surface area contributed by atoms with Crippen molar-refractivity contribution in [3.63, 3.8) is 0 Å². The first kappa shape index (κ1) is 18.2. The summed E-state index contributed by atoms with van der Waals surface area (Å²) in [5.41, 5.74) is 2.06. The minimum atomic E-state index is 0.0641. The van der Waals surface area contributed by atoms with E-state index in [0.29, 0.717) is 29.4 Å². The van der Waals surface area contributed by atoms with Crippen LogP contribution < -0.4 is 5.32 Å². The predicted octanol–water partition coefficient (Wildman–Crippen LogP) is 5.28. The molecule has 0 spiro atoms. The van der Waals surface area contributed by atoms with Gasteiger partial charge in [-0.3, -0.25) is 4.79 Å². The number of para-hydroxylation sites is 1. The molecular weight excluding hydrogens is 375 g/mol. The Labute approximate surface area is 161 Å². The highest BCUT2D eigenvalue weighted by Gasteiger charge is 2.06. The molecule has 25 heavy (non-hydrogen) atoms. The predicted molar refractivity (Wildman–Crippen MR) is 106 cm³/mol. The highest BCUT2D eigenvalue weighted by atomic mass is 35.5. The van der Waals surface area contributed by atoms with Crippen LogP contribution in [0.25, 0.3) is 10.2 Å². The number of hydrogen-bond donors (Lipinski definition) is 1. The highest BCUT2D eigenvalue weighted by molar-refractivity contribution is 7.18. The zero-order valence-electron chi connectivity index (χ0n) is 13.6. The Morgan fingerprint density at radius 1 is 1.08 bits per heavy atom. The van der Waals surface area contributed by atoms with Gasteiger partial charge in [0.25, 0.3) is 0 Å². The van der Waals surface area contributed by atoms with Crippen LogP contribution in [-0.2, 0) is 17.6 Å². The number of halogens is 2. The van der Waals surface area contributed by atoms with Crippen LogP contribution in [-0.4, -0.2) is 17.4 Å². The van der Waals surface area contributed by atoms with E-state index in [1.165, 1.54) is 4.70 Å². The average Bonchev–Trinajstić information content (AvgIpc) is 2.96. The number of carbonyl (C=O) groups is 1. The number of hydrogen-bond acceptors (Lipinski definition) is 3. The number of benzene rings is 2. The molecule has 0 fully saturated rings. The first-order valence-corrected chi connectivity index (χ1v) is 9.73. The summed E-state index contributed by atoms with van der Waals surface area (Å²) in [6, 6.07) is 13.5. The van der Waals surface area contributed by atoms with Gasteiger partial charge in [-0.25, -0.2) is 4.98 Å². The van der Waals surface area contributed by atoms with Crippen molar-refractivity contribution in [2.24, 2.45) is 0 Å². The lowest BCUT2D eigenvalue weighted by atomic mass is 10.1. The van der Waals surface area contributed by atoms with E-state index in [2.05, 4.69) is 16.4 Å². The van der Waals surface area contributed by atoms with Crippen LogP contribution in [0.15, 0.2) is 42.5 Å². The van der Waals surface area contributed by atoms with Gasteiger partial charge in [0.05, 0.1) is 15.2 Å². The fourth-order valence-corrected chi connectivity index (χ4v) is 4.20. The summed E-state index contributed by atoms with van der Waals surface area (Å²) in [7, 11) is 0. The first-order chi connectivity index (χ1) is 12.1. The third kappa shape index (κ3) is 5.43. The maximum atomic E-state index is 11.9. The van der Waals surface area contributed by atoms with E-state index < -0.39 is 0 Å². The molecule has 1 amide bonds. The molecule has 1 aromatic heterocycles. The lowest BCUT2D eigenvalue weighted by Crippen LogP contribution is -2.25. The number of rotatable bonds is 7. The van der Waals surface area contributed by atoms with Crippen molar-refractivity contribution < 1.29 is 4.79 Å². The molecule has 0 saturated carbocycles. The van der Waals surface area contributed by atoms with Gasteiger partial charge in [0.15, 0.2) is 0 Å². The summed E-state index contributed by atoms with van der Waals surface area (Å²) in [5, 5.41) is 5.26. The fraction of sp³-hybridized carbons (Fsp3) is 0.263. The molecule has 3 nitrogen and oxygen atoms in total. The maximum absolute atomic E-state index is 11.9. The number of fused-ring (bicyclic) bond motifs is 1. The Balaban J connectivity index is 1.39. The molecule has 0 atom stereocenters. The Morgan fingerprint density at radius 3 is 2.60 bits per heavy atom. The number of aromatic nitrogens is 1. The standard InChI is InChI=1S/C19H18Cl2N2OS/c20-14-10-13(11-15(21)12-14)8-9-22-18(24)6-3-7-19-23-16-4-1-2-5-17(16)25-19/h1-2,4-5,10-12H,3,6-9H2,(H,22,24). The molecule has 1 heterocycles. The highest BCUT2D eigenvalue weighted by Crippen LogP contribution is 2.22. The van der Waals surface area contributed by atoms with Crippen LogP contribution in [0.1, 0.15) is 23.4 Å². The van der Waals surface area contributed by atoms with Gasteiger partial charge in [-0.15, -0.1) is 11.3 Å². The number of nitrogens with one attached hydrogen (secondary N) is 1. The molecule has 3 rings (SSSR count). The topological polar surface area (TPSA) is 42.0 Å². The van der Waals surface area contributed by atoms with Crippen LogP contribution in [0.5, 0.6) is 0 Å². The molecule has 3 aromatic rings. The second kappa shape index (κ2) is 8.65. The number of aryl methyl sites for hydroxylation is 1. The van der Waals surface area contributed by atoms with E-state index in [1.807, 2.05) is 30.3 Å². The lowest BCUT2D eigenvalue weighted by Gasteiger charge is -2.06. The van der Waals surface area contributed by atoms with E-state index in [4.69, 9.17) is 23.2 Å². The molecule has 130 valence electrons. The average molecular weight is 393 g/mol. The number of carbonyl (C=O) groups excluding carboxylic acids is 1. The zero-order valence-corrected chi connectivity index (χ0v) is 15.9. The van der Waals surface area contributed by atoms with Crippen molar-refractivity contribution in [3.05, 3.63) is 63.1 Å². The van der Waals surface area contributed by atoms with Crippen LogP contribution in [0.4, 0.5) is 0 Å². The molecule has 1 N–H and O–H groups in total. The third-order valence-electron chi connectivity index (χ3n) is 3.79. The molecule has 0 aliphatic carbocycles. The van der Waals surface area contributed by atoms with Crippen molar-refractivity contribution in [1.82, 2.24) is 10.3 Å². The molecule has 0 radical (unpaired) electrons. The second-order valence-corrected chi connectivity index (χ2v) is 7.79. The normalized spacial score (nSPS) is 11.0. The monoisotopic (exact) mass is 392 g/mol. The van der Waals surface area contributed by atoms with Gasteiger partial charge in [0.1, 0.15) is 0 Å². The second-order valence-electron chi connectivity index (χ2n) is 5.81.